The molecule has 0 radical (unpaired) electrons. The lowest BCUT2D eigenvalue weighted by Gasteiger charge is -1.96. The molecule has 0 aliphatic carbocycles. The van der Waals surface area contributed by atoms with Gasteiger partial charge in [-0.1, -0.05) is 6.07 Å². The molecule has 3 aromatic rings. The van der Waals surface area contributed by atoms with Crippen molar-refractivity contribution in [1.29, 1.82) is 0 Å². The Labute approximate surface area is 97.5 Å². The average Bonchev–Trinajstić information content (AvgIpc) is 2.86. The fraction of sp³-hybridized carbons (Fsp3) is 0.182. The molecule has 3 aromatic heterocycles. The quantitative estimate of drug-likeness (QED) is 0.682. The number of imidazole rings is 1. The lowest BCUT2D eigenvalue weighted by molar-refractivity contribution is 0.858. The summed E-state index contributed by atoms with van der Waals surface area (Å²) in [7, 11) is 0. The van der Waals surface area contributed by atoms with Crippen LogP contribution in [0.25, 0.3) is 17.3 Å². The van der Waals surface area contributed by atoms with Gasteiger partial charge in [-0.05, 0) is 19.1 Å². The summed E-state index contributed by atoms with van der Waals surface area (Å²) in [5, 5.41) is 3.15. The number of pyridine rings is 1. The maximum atomic E-state index is 5.68. The van der Waals surface area contributed by atoms with Gasteiger partial charge >= 0.3 is 0 Å². The van der Waals surface area contributed by atoms with Crippen LogP contribution in [0.2, 0.25) is 0 Å². The van der Waals surface area contributed by atoms with Crippen LogP contribution in [0.4, 0.5) is 0 Å². The largest absolute Gasteiger partial charge is 0.325 e. The second-order valence-corrected chi connectivity index (χ2v) is 3.77. The van der Waals surface area contributed by atoms with E-state index < -0.39 is 0 Å². The van der Waals surface area contributed by atoms with E-state index in [1.54, 1.807) is 10.7 Å². The molecule has 3 heterocycles. The molecule has 0 amide bonds. The molecule has 0 saturated heterocycles. The third-order valence-electron chi connectivity index (χ3n) is 2.69. The van der Waals surface area contributed by atoms with Gasteiger partial charge < -0.3 is 5.73 Å². The second-order valence-electron chi connectivity index (χ2n) is 3.77. The van der Waals surface area contributed by atoms with Gasteiger partial charge in [0.15, 0.2) is 5.82 Å². The molecule has 86 valence electrons. The molecule has 0 atom stereocenters. The Morgan fingerprint density at radius 1 is 1.35 bits per heavy atom. The highest BCUT2D eigenvalue weighted by atomic mass is 15.4. The van der Waals surface area contributed by atoms with Crippen molar-refractivity contribution < 1.29 is 0 Å². The van der Waals surface area contributed by atoms with Gasteiger partial charge in [0.2, 0.25) is 0 Å². The highest BCUT2D eigenvalue weighted by molar-refractivity contribution is 5.52. The first kappa shape index (κ1) is 9.98. The van der Waals surface area contributed by atoms with Crippen LogP contribution in [0.3, 0.4) is 0 Å². The van der Waals surface area contributed by atoms with Gasteiger partial charge in [-0.25, -0.2) is 9.50 Å². The van der Waals surface area contributed by atoms with Crippen molar-refractivity contribution in [3.05, 3.63) is 35.8 Å². The number of fused-ring (bicyclic) bond motifs is 1. The second kappa shape index (κ2) is 3.67. The van der Waals surface area contributed by atoms with E-state index in [-0.39, 0.29) is 0 Å². The van der Waals surface area contributed by atoms with E-state index in [0.717, 1.165) is 17.1 Å². The van der Waals surface area contributed by atoms with Crippen LogP contribution in [0.1, 0.15) is 11.4 Å². The topological polar surface area (TPSA) is 84.9 Å². The van der Waals surface area contributed by atoms with Gasteiger partial charge in [0.05, 0.1) is 11.4 Å². The highest BCUT2D eigenvalue weighted by Gasteiger charge is 2.12. The summed E-state index contributed by atoms with van der Waals surface area (Å²) in [6, 6.07) is 5.68. The van der Waals surface area contributed by atoms with Gasteiger partial charge in [-0.15, -0.1) is 0 Å². The minimum absolute atomic E-state index is 0.427. The van der Waals surface area contributed by atoms with Crippen LogP contribution in [0, 0.1) is 6.92 Å². The van der Waals surface area contributed by atoms with E-state index >= 15 is 0 Å². The molecular formula is C11H12N6. The van der Waals surface area contributed by atoms with Crippen LogP contribution >= 0.6 is 0 Å². The lowest BCUT2D eigenvalue weighted by Crippen LogP contribution is -2.03. The average molecular weight is 228 g/mol. The van der Waals surface area contributed by atoms with Gasteiger partial charge in [-0.3, -0.25) is 10.1 Å². The predicted octanol–water partition coefficient (Wildman–Crippen LogP) is 0.887. The SMILES string of the molecule is Cc1nc2nc(-c3ccccn3)[nH]n2c1CN. The van der Waals surface area contributed by atoms with Crippen LogP contribution in [0.5, 0.6) is 0 Å². The normalized spacial score (nSPS) is 11.2. The molecular weight excluding hydrogens is 216 g/mol. The van der Waals surface area contributed by atoms with Crippen molar-refractivity contribution in [2.45, 2.75) is 13.5 Å². The zero-order chi connectivity index (χ0) is 11.8. The number of H-pyrrole nitrogens is 1. The van der Waals surface area contributed by atoms with Crippen LogP contribution in [-0.2, 0) is 6.54 Å². The van der Waals surface area contributed by atoms with E-state index in [0.29, 0.717) is 18.1 Å². The van der Waals surface area contributed by atoms with Crippen molar-refractivity contribution in [2.24, 2.45) is 5.73 Å². The van der Waals surface area contributed by atoms with Crippen molar-refractivity contribution in [3.63, 3.8) is 0 Å². The van der Waals surface area contributed by atoms with E-state index in [1.165, 1.54) is 0 Å². The molecule has 3 rings (SSSR count). The maximum Gasteiger partial charge on any atom is 0.251 e. The summed E-state index contributed by atoms with van der Waals surface area (Å²) in [5.74, 6) is 1.33. The van der Waals surface area contributed by atoms with Gasteiger partial charge in [0.25, 0.3) is 5.78 Å². The Morgan fingerprint density at radius 2 is 2.24 bits per heavy atom. The first-order chi connectivity index (χ1) is 8.29. The molecule has 0 aliphatic heterocycles. The molecule has 0 fully saturated rings. The van der Waals surface area contributed by atoms with E-state index in [1.807, 2.05) is 25.1 Å². The van der Waals surface area contributed by atoms with Crippen LogP contribution in [0.15, 0.2) is 24.4 Å². The van der Waals surface area contributed by atoms with E-state index in [2.05, 4.69) is 20.1 Å². The predicted molar refractivity (Wildman–Crippen MR) is 63.2 cm³/mol. The summed E-state index contributed by atoms with van der Waals surface area (Å²) in [6.07, 6.45) is 1.73. The van der Waals surface area contributed by atoms with E-state index in [9.17, 15) is 0 Å². The number of nitrogens with two attached hydrogens (primary N) is 1. The summed E-state index contributed by atoms with van der Waals surface area (Å²) >= 11 is 0. The van der Waals surface area contributed by atoms with Crippen molar-refractivity contribution in [3.8, 4) is 11.5 Å². The number of hydrogen-bond acceptors (Lipinski definition) is 4. The number of rotatable bonds is 2. The fourth-order valence-corrected chi connectivity index (χ4v) is 1.83. The minimum Gasteiger partial charge on any atom is -0.325 e. The molecule has 0 spiro atoms. The molecule has 0 saturated carbocycles. The smallest absolute Gasteiger partial charge is 0.251 e. The zero-order valence-electron chi connectivity index (χ0n) is 9.38. The first-order valence-electron chi connectivity index (χ1n) is 5.35. The molecule has 0 aliphatic rings. The number of aromatic nitrogens is 5. The number of nitrogens with zero attached hydrogens (tertiary/aromatic N) is 4. The molecule has 0 unspecified atom stereocenters. The molecule has 17 heavy (non-hydrogen) atoms. The fourth-order valence-electron chi connectivity index (χ4n) is 1.83. The molecule has 6 heteroatoms. The Morgan fingerprint density at radius 3 is 2.94 bits per heavy atom. The van der Waals surface area contributed by atoms with E-state index in [4.69, 9.17) is 5.73 Å². The summed E-state index contributed by atoms with van der Waals surface area (Å²) in [5.41, 5.74) is 8.32. The summed E-state index contributed by atoms with van der Waals surface area (Å²) in [6.45, 7) is 2.35. The highest BCUT2D eigenvalue weighted by Crippen LogP contribution is 2.15. The van der Waals surface area contributed by atoms with Crippen molar-refractivity contribution >= 4 is 5.78 Å². The van der Waals surface area contributed by atoms with Gasteiger partial charge in [0, 0.05) is 12.7 Å². The Bertz CT molecular complexity index is 651. The number of hydrogen-bond donors (Lipinski definition) is 2. The standard InChI is InChI=1S/C11H12N6/c1-7-9(6-12)17-11(14-7)15-10(16-17)8-4-2-3-5-13-8/h2-5H,6,12H2,1H3,(H,14,15,16). The van der Waals surface area contributed by atoms with Crippen LogP contribution in [-0.4, -0.2) is 24.6 Å². The Kier molecular flexibility index (Phi) is 2.15. The molecule has 6 nitrogen and oxygen atoms in total. The Hall–Kier alpha value is -2.21. The first-order valence-corrected chi connectivity index (χ1v) is 5.35. The molecule has 0 aromatic carbocycles. The zero-order valence-corrected chi connectivity index (χ0v) is 9.38. The number of aromatic amines is 1. The number of nitrogens with one attached hydrogen (secondary N) is 1. The maximum absolute atomic E-state index is 5.68. The van der Waals surface area contributed by atoms with Crippen LogP contribution < -0.4 is 5.73 Å². The molecule has 0 bridgehead atoms. The molecule has 3 N–H and O–H groups in total. The van der Waals surface area contributed by atoms with Crippen molar-refractivity contribution in [1.82, 2.24) is 24.6 Å². The van der Waals surface area contributed by atoms with Crippen molar-refractivity contribution in [2.75, 3.05) is 0 Å². The minimum atomic E-state index is 0.427. The van der Waals surface area contributed by atoms with Gasteiger partial charge in [0.1, 0.15) is 5.69 Å². The third kappa shape index (κ3) is 1.50. The van der Waals surface area contributed by atoms with Gasteiger partial charge in [-0.2, -0.15) is 4.98 Å². The number of aryl methyl sites for hydroxylation is 1. The summed E-state index contributed by atoms with van der Waals surface area (Å²) in [4.78, 5) is 13.0. The third-order valence-corrected chi connectivity index (χ3v) is 2.69. The summed E-state index contributed by atoms with van der Waals surface area (Å²) < 4.78 is 1.80. The Balaban J connectivity index is 2.18. The monoisotopic (exact) mass is 228 g/mol. The lowest BCUT2D eigenvalue weighted by atomic mass is 10.3.